The molecule has 0 saturated carbocycles. The summed E-state index contributed by atoms with van der Waals surface area (Å²) < 4.78 is 30.3. The lowest BCUT2D eigenvalue weighted by Gasteiger charge is -2.23. The molecule has 0 aliphatic carbocycles. The van der Waals surface area contributed by atoms with Crippen molar-refractivity contribution < 1.29 is 13.6 Å². The van der Waals surface area contributed by atoms with Crippen LogP contribution in [0.5, 0.6) is 0 Å². The van der Waals surface area contributed by atoms with Gasteiger partial charge in [0, 0.05) is 24.5 Å². The van der Waals surface area contributed by atoms with Crippen molar-refractivity contribution in [3.05, 3.63) is 44.9 Å². The van der Waals surface area contributed by atoms with E-state index in [1.54, 1.807) is 10.7 Å². The van der Waals surface area contributed by atoms with Crippen molar-refractivity contribution in [2.45, 2.75) is 39.4 Å². The lowest BCUT2D eigenvalue weighted by atomic mass is 10.2. The molecule has 11 heteroatoms. The fourth-order valence-electron chi connectivity index (χ4n) is 3.46. The molecule has 1 N–H and O–H groups in total. The van der Waals surface area contributed by atoms with Crippen LogP contribution in [0.25, 0.3) is 10.9 Å². The topological polar surface area (TPSA) is 75.9 Å². The van der Waals surface area contributed by atoms with Crippen molar-refractivity contribution in [1.82, 2.24) is 25.1 Å². The molecule has 1 aliphatic rings. The number of aryl methyl sites for hydroxylation is 1. The van der Waals surface area contributed by atoms with Gasteiger partial charge in [0.15, 0.2) is 11.5 Å². The molecule has 7 nitrogen and oxygen atoms in total. The van der Waals surface area contributed by atoms with Gasteiger partial charge in [0.2, 0.25) is 5.28 Å². The van der Waals surface area contributed by atoms with Crippen molar-refractivity contribution in [3.63, 3.8) is 0 Å². The summed E-state index contributed by atoms with van der Waals surface area (Å²) in [7, 11) is 0. The number of nitrogens with one attached hydrogen (secondary N) is 1. The van der Waals surface area contributed by atoms with Crippen LogP contribution in [0, 0.1) is 11.6 Å². The molecule has 0 radical (unpaired) electrons. The molecule has 30 heavy (non-hydrogen) atoms. The summed E-state index contributed by atoms with van der Waals surface area (Å²) in [6, 6.07) is 2.91. The van der Waals surface area contributed by atoms with Gasteiger partial charge >= 0.3 is 0 Å². The summed E-state index contributed by atoms with van der Waals surface area (Å²) in [6.45, 7) is 5.27. The molecule has 1 aromatic carbocycles. The first-order valence-electron chi connectivity index (χ1n) is 9.38. The molecule has 0 unspecified atom stereocenters. The summed E-state index contributed by atoms with van der Waals surface area (Å²) in [5, 5.41) is 7.32. The summed E-state index contributed by atoms with van der Waals surface area (Å²) in [5.41, 5.74) is 1.06. The van der Waals surface area contributed by atoms with Crippen molar-refractivity contribution in [3.8, 4) is 0 Å². The Bertz CT molecular complexity index is 1150. The van der Waals surface area contributed by atoms with Gasteiger partial charge in [0.25, 0.3) is 5.91 Å². The van der Waals surface area contributed by atoms with Gasteiger partial charge in [-0.3, -0.25) is 9.48 Å². The van der Waals surface area contributed by atoms with Crippen LogP contribution in [-0.2, 0) is 13.1 Å². The highest BCUT2D eigenvalue weighted by atomic mass is 79.9. The summed E-state index contributed by atoms with van der Waals surface area (Å²) in [4.78, 5) is 22.4. The van der Waals surface area contributed by atoms with Gasteiger partial charge in [-0.15, -0.1) is 0 Å². The van der Waals surface area contributed by atoms with Crippen LogP contribution in [0.1, 0.15) is 36.5 Å². The summed E-state index contributed by atoms with van der Waals surface area (Å²) in [5.74, 6) is -1.50. The third-order valence-electron chi connectivity index (χ3n) is 4.75. The fourth-order valence-corrected chi connectivity index (χ4v) is 3.93. The normalized spacial score (nSPS) is 14.2. The molecule has 0 atom stereocenters. The third kappa shape index (κ3) is 3.85. The standard InChI is InChI=1S/C19H18BrClF2N6O/c1-9(2)24-18(30)13-6-10-8-28(4-3-5-29(10)27-13)17-11-7-12(22)14(20)15(23)16(11)25-19(21)26-17/h6-7,9H,3-5,8H2,1-2H3,(H,24,30). The Balaban J connectivity index is 1.75. The lowest BCUT2D eigenvalue weighted by molar-refractivity contribution is 0.0937. The molecule has 1 aliphatic heterocycles. The maximum Gasteiger partial charge on any atom is 0.271 e. The largest absolute Gasteiger partial charge is 0.350 e. The van der Waals surface area contributed by atoms with E-state index in [0.717, 1.165) is 5.69 Å². The predicted molar refractivity (Wildman–Crippen MR) is 113 cm³/mol. The quantitative estimate of drug-likeness (QED) is 0.434. The van der Waals surface area contributed by atoms with Gasteiger partial charge in [-0.25, -0.2) is 13.8 Å². The molecular formula is C19H18BrClF2N6O. The average Bonchev–Trinajstić information content (AvgIpc) is 2.98. The molecule has 2 aromatic heterocycles. The van der Waals surface area contributed by atoms with Crippen LogP contribution in [-0.4, -0.2) is 38.2 Å². The first-order valence-corrected chi connectivity index (χ1v) is 10.5. The second kappa shape index (κ2) is 8.07. The number of nitrogens with zero attached hydrogens (tertiary/aromatic N) is 5. The average molecular weight is 500 g/mol. The SMILES string of the molecule is CC(C)NC(=O)c1cc2n(n1)CCCN(c1nc(Cl)nc3c(F)c(Br)c(F)cc13)C2. The molecular weight excluding hydrogens is 482 g/mol. The smallest absolute Gasteiger partial charge is 0.271 e. The van der Waals surface area contributed by atoms with Crippen molar-refractivity contribution in [2.24, 2.45) is 0 Å². The van der Waals surface area contributed by atoms with Crippen LogP contribution in [0.4, 0.5) is 14.6 Å². The highest BCUT2D eigenvalue weighted by molar-refractivity contribution is 9.10. The Labute approximate surface area is 184 Å². The zero-order valence-electron chi connectivity index (χ0n) is 16.2. The number of anilines is 1. The highest BCUT2D eigenvalue weighted by Gasteiger charge is 2.24. The van der Waals surface area contributed by atoms with Crippen LogP contribution < -0.4 is 10.2 Å². The second-order valence-electron chi connectivity index (χ2n) is 7.35. The van der Waals surface area contributed by atoms with E-state index >= 15 is 0 Å². The molecule has 1 amide bonds. The fraction of sp³-hybridized carbons (Fsp3) is 0.368. The number of carbonyl (C=O) groups excluding carboxylic acids is 1. The van der Waals surface area contributed by atoms with Gasteiger partial charge < -0.3 is 10.2 Å². The molecule has 0 spiro atoms. The zero-order valence-corrected chi connectivity index (χ0v) is 18.6. The number of rotatable bonds is 3. The molecule has 3 heterocycles. The molecule has 158 valence electrons. The van der Waals surface area contributed by atoms with Crippen molar-refractivity contribution in [1.29, 1.82) is 0 Å². The van der Waals surface area contributed by atoms with Gasteiger partial charge in [-0.05, 0) is 59.9 Å². The first-order chi connectivity index (χ1) is 14.2. The minimum Gasteiger partial charge on any atom is -0.350 e. The zero-order chi connectivity index (χ0) is 21.6. The number of carbonyl (C=O) groups is 1. The molecule has 4 rings (SSSR count). The minimum atomic E-state index is -0.831. The van der Waals surface area contributed by atoms with E-state index in [1.165, 1.54) is 6.07 Å². The van der Waals surface area contributed by atoms with Crippen molar-refractivity contribution in [2.75, 3.05) is 11.4 Å². The van der Waals surface area contributed by atoms with Gasteiger partial charge in [-0.1, -0.05) is 0 Å². The van der Waals surface area contributed by atoms with Gasteiger partial charge in [-0.2, -0.15) is 10.1 Å². The summed E-state index contributed by atoms with van der Waals surface area (Å²) in [6.07, 6.45) is 0.699. The lowest BCUT2D eigenvalue weighted by Crippen LogP contribution is -2.30. The van der Waals surface area contributed by atoms with E-state index in [4.69, 9.17) is 11.6 Å². The Kier molecular flexibility index (Phi) is 5.63. The number of aromatic nitrogens is 4. The Morgan fingerprint density at radius 2 is 2.03 bits per heavy atom. The van der Waals surface area contributed by atoms with E-state index in [9.17, 15) is 13.6 Å². The Hall–Kier alpha value is -2.33. The number of halogens is 4. The monoisotopic (exact) mass is 498 g/mol. The number of hydrogen-bond acceptors (Lipinski definition) is 5. The number of benzene rings is 1. The summed E-state index contributed by atoms with van der Waals surface area (Å²) >= 11 is 8.94. The van der Waals surface area contributed by atoms with E-state index in [-0.39, 0.29) is 32.6 Å². The highest BCUT2D eigenvalue weighted by Crippen LogP contribution is 2.34. The first kappa shape index (κ1) is 20.9. The van der Waals surface area contributed by atoms with Crippen LogP contribution in [0.2, 0.25) is 5.28 Å². The number of amides is 1. The molecule has 0 saturated heterocycles. The maximum atomic E-state index is 14.6. The minimum absolute atomic E-state index is 0.00542. The van der Waals surface area contributed by atoms with Crippen LogP contribution in [0.15, 0.2) is 16.6 Å². The predicted octanol–water partition coefficient (Wildman–Crippen LogP) is 4.07. The van der Waals surface area contributed by atoms with Crippen LogP contribution >= 0.6 is 27.5 Å². The van der Waals surface area contributed by atoms with E-state index < -0.39 is 11.6 Å². The number of fused-ring (bicyclic) bond motifs is 2. The maximum absolute atomic E-state index is 14.6. The Morgan fingerprint density at radius 1 is 1.27 bits per heavy atom. The second-order valence-corrected chi connectivity index (χ2v) is 8.48. The number of hydrogen-bond donors (Lipinski definition) is 1. The van der Waals surface area contributed by atoms with E-state index in [1.807, 2.05) is 18.7 Å². The molecule has 0 bridgehead atoms. The van der Waals surface area contributed by atoms with Crippen LogP contribution in [0.3, 0.4) is 0 Å². The van der Waals surface area contributed by atoms with E-state index in [0.29, 0.717) is 37.6 Å². The van der Waals surface area contributed by atoms with Gasteiger partial charge in [0.1, 0.15) is 17.2 Å². The molecule has 0 fully saturated rings. The van der Waals surface area contributed by atoms with Crippen molar-refractivity contribution >= 4 is 50.2 Å². The van der Waals surface area contributed by atoms with Gasteiger partial charge in [0.05, 0.1) is 16.7 Å². The third-order valence-corrected chi connectivity index (χ3v) is 5.64. The molecule has 3 aromatic rings. The Morgan fingerprint density at radius 3 is 2.77 bits per heavy atom. The van der Waals surface area contributed by atoms with E-state index in [2.05, 4.69) is 36.3 Å².